The number of sulfonamides is 2. The number of nitrogens with one attached hydrogen (secondary N) is 1. The summed E-state index contributed by atoms with van der Waals surface area (Å²) in [6.07, 6.45) is 5.21. The molecular formula is C18H27N3O5S2. The van der Waals surface area contributed by atoms with E-state index >= 15 is 0 Å². The van der Waals surface area contributed by atoms with Crippen molar-refractivity contribution in [1.82, 2.24) is 8.61 Å². The van der Waals surface area contributed by atoms with Gasteiger partial charge in [-0.2, -0.15) is 4.31 Å². The van der Waals surface area contributed by atoms with E-state index in [1.807, 2.05) is 0 Å². The van der Waals surface area contributed by atoms with E-state index in [9.17, 15) is 21.6 Å². The van der Waals surface area contributed by atoms with Gasteiger partial charge in [0.1, 0.15) is 0 Å². The highest BCUT2D eigenvalue weighted by atomic mass is 32.2. The van der Waals surface area contributed by atoms with Gasteiger partial charge in [-0.15, -0.1) is 0 Å². The molecule has 0 bridgehead atoms. The van der Waals surface area contributed by atoms with Crippen LogP contribution in [0.4, 0.5) is 5.69 Å². The van der Waals surface area contributed by atoms with E-state index in [1.54, 1.807) is 12.1 Å². The van der Waals surface area contributed by atoms with Gasteiger partial charge in [0.25, 0.3) is 0 Å². The van der Waals surface area contributed by atoms with Crippen LogP contribution in [0.25, 0.3) is 0 Å². The third-order valence-corrected chi connectivity index (χ3v) is 8.48. The molecule has 1 aromatic rings. The minimum Gasteiger partial charge on any atom is -0.326 e. The summed E-state index contributed by atoms with van der Waals surface area (Å²) in [6.45, 7) is 1.69. The average Bonchev–Trinajstić information content (AvgIpc) is 2.68. The normalized spacial score (nSPS) is 22.7. The zero-order chi connectivity index (χ0) is 20.4. The molecule has 1 N–H and O–H groups in total. The maximum atomic E-state index is 12.7. The summed E-state index contributed by atoms with van der Waals surface area (Å²) in [5.41, 5.74) is 0.499. The van der Waals surface area contributed by atoms with E-state index in [4.69, 9.17) is 0 Å². The molecule has 3 rings (SSSR count). The van der Waals surface area contributed by atoms with Gasteiger partial charge in [-0.1, -0.05) is 6.42 Å². The number of carbonyl (C=O) groups is 1. The standard InChI is InChI=1S/C18H27N3O5S2/c1-27(23,24)21-13-5-6-15(14-21)18(22)19-16-7-9-17(10-8-16)28(25,26)20-11-3-2-4-12-20/h7-10,15H,2-6,11-14H2,1H3,(H,19,22). The molecule has 2 saturated heterocycles. The Morgan fingerprint density at radius 3 is 2.14 bits per heavy atom. The zero-order valence-corrected chi connectivity index (χ0v) is 17.6. The monoisotopic (exact) mass is 429 g/mol. The molecule has 10 heteroatoms. The van der Waals surface area contributed by atoms with Crippen molar-refractivity contribution >= 4 is 31.6 Å². The highest BCUT2D eigenvalue weighted by Gasteiger charge is 2.30. The first kappa shape index (κ1) is 21.2. The Morgan fingerprint density at radius 2 is 1.54 bits per heavy atom. The van der Waals surface area contributed by atoms with Gasteiger partial charge < -0.3 is 5.32 Å². The molecule has 8 nitrogen and oxygen atoms in total. The molecule has 156 valence electrons. The van der Waals surface area contributed by atoms with Crippen LogP contribution < -0.4 is 5.32 Å². The number of hydrogen-bond donors (Lipinski definition) is 1. The molecule has 2 heterocycles. The molecule has 0 spiro atoms. The molecule has 2 aliphatic heterocycles. The summed E-state index contributed by atoms with van der Waals surface area (Å²) < 4.78 is 51.6. The quantitative estimate of drug-likeness (QED) is 0.763. The van der Waals surface area contributed by atoms with Crippen LogP contribution in [0.2, 0.25) is 0 Å². The lowest BCUT2D eigenvalue weighted by atomic mass is 9.99. The number of hydrogen-bond acceptors (Lipinski definition) is 5. The molecule has 0 saturated carbocycles. The lowest BCUT2D eigenvalue weighted by Crippen LogP contribution is -2.43. The van der Waals surface area contributed by atoms with E-state index in [2.05, 4.69) is 5.32 Å². The Kier molecular flexibility index (Phi) is 6.43. The molecule has 1 amide bonds. The third-order valence-electron chi connectivity index (χ3n) is 5.30. The first-order valence-electron chi connectivity index (χ1n) is 9.54. The van der Waals surface area contributed by atoms with Crippen LogP contribution in [0.15, 0.2) is 29.2 Å². The van der Waals surface area contributed by atoms with Crippen LogP contribution in [-0.4, -0.2) is 63.8 Å². The highest BCUT2D eigenvalue weighted by molar-refractivity contribution is 7.89. The molecule has 28 heavy (non-hydrogen) atoms. The van der Waals surface area contributed by atoms with Crippen molar-refractivity contribution in [2.45, 2.75) is 37.0 Å². The minimum atomic E-state index is -3.50. The van der Waals surface area contributed by atoms with Crippen LogP contribution in [0.3, 0.4) is 0 Å². The molecular weight excluding hydrogens is 402 g/mol. The summed E-state index contributed by atoms with van der Waals surface area (Å²) in [5, 5.41) is 2.77. The van der Waals surface area contributed by atoms with Crippen molar-refractivity contribution < 1.29 is 21.6 Å². The van der Waals surface area contributed by atoms with Crippen molar-refractivity contribution in [3.8, 4) is 0 Å². The van der Waals surface area contributed by atoms with Crippen molar-refractivity contribution in [2.24, 2.45) is 5.92 Å². The number of nitrogens with zero attached hydrogens (tertiary/aromatic N) is 2. The number of carbonyl (C=O) groups excluding carboxylic acids is 1. The third kappa shape index (κ3) is 4.91. The lowest BCUT2D eigenvalue weighted by molar-refractivity contribution is -0.120. The number of rotatable bonds is 5. The van der Waals surface area contributed by atoms with Crippen LogP contribution in [0.5, 0.6) is 0 Å². The Balaban J connectivity index is 1.64. The predicted octanol–water partition coefficient (Wildman–Crippen LogP) is 1.47. The number of piperidine rings is 2. The Bertz CT molecular complexity index is 907. The molecule has 1 unspecified atom stereocenters. The second-order valence-corrected chi connectivity index (χ2v) is 11.4. The summed E-state index contributed by atoms with van der Waals surface area (Å²) in [7, 11) is -6.82. The lowest BCUT2D eigenvalue weighted by Gasteiger charge is -2.30. The van der Waals surface area contributed by atoms with Gasteiger partial charge in [-0.25, -0.2) is 21.1 Å². The van der Waals surface area contributed by atoms with E-state index in [-0.39, 0.29) is 17.3 Å². The second-order valence-electron chi connectivity index (χ2n) is 7.44. The predicted molar refractivity (Wildman–Crippen MR) is 107 cm³/mol. The smallest absolute Gasteiger partial charge is 0.243 e. The number of benzene rings is 1. The maximum Gasteiger partial charge on any atom is 0.243 e. The van der Waals surface area contributed by atoms with Crippen LogP contribution in [0, 0.1) is 5.92 Å². The molecule has 1 aromatic carbocycles. The molecule has 2 fully saturated rings. The SMILES string of the molecule is CS(=O)(=O)N1CCCC(C(=O)Nc2ccc(S(=O)(=O)N3CCCCC3)cc2)C1. The van der Waals surface area contributed by atoms with Crippen molar-refractivity contribution in [3.05, 3.63) is 24.3 Å². The fourth-order valence-electron chi connectivity index (χ4n) is 3.67. The van der Waals surface area contributed by atoms with Crippen LogP contribution in [0.1, 0.15) is 32.1 Å². The Morgan fingerprint density at radius 1 is 0.929 bits per heavy atom. The highest BCUT2D eigenvalue weighted by Crippen LogP contribution is 2.24. The molecule has 0 aliphatic carbocycles. The van der Waals surface area contributed by atoms with Crippen LogP contribution in [-0.2, 0) is 24.8 Å². The summed E-state index contributed by atoms with van der Waals surface area (Å²) in [5.74, 6) is -0.666. The van der Waals surface area contributed by atoms with Crippen LogP contribution >= 0.6 is 0 Å². The fraction of sp³-hybridized carbons (Fsp3) is 0.611. The molecule has 2 aliphatic rings. The van der Waals surface area contributed by atoms with Crippen molar-refractivity contribution in [1.29, 1.82) is 0 Å². The van der Waals surface area contributed by atoms with E-state index < -0.39 is 26.0 Å². The van der Waals surface area contributed by atoms with Gasteiger partial charge in [-0.05, 0) is 49.9 Å². The molecule has 1 atom stereocenters. The zero-order valence-electron chi connectivity index (χ0n) is 16.0. The summed E-state index contributed by atoms with van der Waals surface area (Å²) in [4.78, 5) is 12.7. The van der Waals surface area contributed by atoms with Gasteiger partial charge in [0, 0.05) is 31.9 Å². The minimum absolute atomic E-state index is 0.173. The van der Waals surface area contributed by atoms with Gasteiger partial charge >= 0.3 is 0 Å². The summed E-state index contributed by atoms with van der Waals surface area (Å²) in [6, 6.07) is 6.16. The maximum absolute atomic E-state index is 12.7. The van der Waals surface area contributed by atoms with E-state index in [1.165, 1.54) is 20.7 Å². The first-order chi connectivity index (χ1) is 13.2. The topological polar surface area (TPSA) is 104 Å². The second kappa shape index (κ2) is 8.48. The Labute approximate surface area is 167 Å². The largest absolute Gasteiger partial charge is 0.326 e. The fourth-order valence-corrected chi connectivity index (χ4v) is 6.10. The van der Waals surface area contributed by atoms with E-state index in [0.717, 1.165) is 25.5 Å². The number of amides is 1. The van der Waals surface area contributed by atoms with Gasteiger partial charge in [-0.3, -0.25) is 4.79 Å². The molecule has 0 aromatic heterocycles. The van der Waals surface area contributed by atoms with Crippen molar-refractivity contribution in [2.75, 3.05) is 37.8 Å². The van der Waals surface area contributed by atoms with Gasteiger partial charge in [0.05, 0.1) is 17.1 Å². The van der Waals surface area contributed by atoms with E-state index in [0.29, 0.717) is 38.2 Å². The summed E-state index contributed by atoms with van der Waals surface area (Å²) >= 11 is 0. The average molecular weight is 430 g/mol. The number of anilines is 1. The van der Waals surface area contributed by atoms with Gasteiger partial charge in [0.2, 0.25) is 26.0 Å². The first-order valence-corrected chi connectivity index (χ1v) is 12.8. The van der Waals surface area contributed by atoms with Crippen molar-refractivity contribution in [3.63, 3.8) is 0 Å². The Hall–Kier alpha value is -1.49. The van der Waals surface area contributed by atoms with Gasteiger partial charge in [0.15, 0.2) is 0 Å². The molecule has 0 radical (unpaired) electrons.